The molecule has 0 spiro atoms. The van der Waals surface area contributed by atoms with E-state index in [2.05, 4.69) is 40.7 Å². The van der Waals surface area contributed by atoms with Crippen molar-refractivity contribution in [2.45, 2.75) is 52.9 Å². The van der Waals surface area contributed by atoms with Gasteiger partial charge in [-0.05, 0) is 17.5 Å². The van der Waals surface area contributed by atoms with Crippen molar-refractivity contribution in [1.29, 1.82) is 0 Å². The highest BCUT2D eigenvalue weighted by molar-refractivity contribution is 5.26. The van der Waals surface area contributed by atoms with Crippen LogP contribution in [0.4, 0.5) is 0 Å². The molecular weight excluding hydrogens is 160 g/mol. The van der Waals surface area contributed by atoms with E-state index in [0.29, 0.717) is 11.8 Å². The van der Waals surface area contributed by atoms with E-state index >= 15 is 0 Å². The quantitative estimate of drug-likeness (QED) is 0.683. The molecule has 0 atom stereocenters. The lowest BCUT2D eigenvalue weighted by Gasteiger charge is -2.01. The molecule has 1 aromatic rings. The van der Waals surface area contributed by atoms with Crippen molar-refractivity contribution in [3.05, 3.63) is 23.2 Å². The summed E-state index contributed by atoms with van der Waals surface area (Å²) in [6.45, 7) is 10.9. The van der Waals surface area contributed by atoms with Crippen LogP contribution < -0.4 is 0 Å². The molecule has 1 aromatic heterocycles. The molecule has 1 nitrogen and oxygen atoms in total. The van der Waals surface area contributed by atoms with E-state index < -0.39 is 0 Å². The lowest BCUT2D eigenvalue weighted by molar-refractivity contribution is 0.448. The molecule has 0 bridgehead atoms. The van der Waals surface area contributed by atoms with Gasteiger partial charge >= 0.3 is 0 Å². The Morgan fingerprint density at radius 1 is 1.15 bits per heavy atom. The molecule has 0 N–H and O–H groups in total. The molecule has 0 aliphatic rings. The van der Waals surface area contributed by atoms with Crippen LogP contribution in [0.1, 0.15) is 63.5 Å². The van der Waals surface area contributed by atoms with Crippen LogP contribution in [0.5, 0.6) is 0 Å². The van der Waals surface area contributed by atoms with Crippen LogP contribution in [0, 0.1) is 0 Å². The third-order valence-electron chi connectivity index (χ3n) is 2.37. The zero-order valence-electron chi connectivity index (χ0n) is 9.35. The Morgan fingerprint density at radius 2 is 1.77 bits per heavy atom. The molecular formula is C12H20O. The Balaban J connectivity index is 3.04. The monoisotopic (exact) mass is 180 g/mol. The largest absolute Gasteiger partial charge is 0.466 e. The van der Waals surface area contributed by atoms with Gasteiger partial charge in [0, 0.05) is 12.3 Å². The zero-order chi connectivity index (χ0) is 10.0. The summed E-state index contributed by atoms with van der Waals surface area (Å²) in [5, 5.41) is 0. The molecule has 13 heavy (non-hydrogen) atoms. The second-order valence-electron chi connectivity index (χ2n) is 4.19. The van der Waals surface area contributed by atoms with Crippen molar-refractivity contribution in [3.8, 4) is 0 Å². The minimum atomic E-state index is 0.498. The average molecular weight is 180 g/mol. The standard InChI is InChI=1S/C12H20O/c1-6-11-10(8(2)3)7-12(13-11)9(4)5/h7-9H,6H2,1-5H3. The Labute approximate surface area is 81.1 Å². The molecule has 0 aliphatic carbocycles. The van der Waals surface area contributed by atoms with E-state index in [9.17, 15) is 0 Å². The number of hydrogen-bond donors (Lipinski definition) is 0. The molecule has 0 fully saturated rings. The maximum Gasteiger partial charge on any atom is 0.107 e. The predicted molar refractivity (Wildman–Crippen MR) is 56.3 cm³/mol. The Morgan fingerprint density at radius 3 is 2.08 bits per heavy atom. The lowest BCUT2D eigenvalue weighted by Crippen LogP contribution is -1.88. The van der Waals surface area contributed by atoms with Crippen LogP contribution in [0.2, 0.25) is 0 Å². The molecule has 0 aliphatic heterocycles. The molecule has 0 saturated heterocycles. The Hall–Kier alpha value is -0.720. The summed E-state index contributed by atoms with van der Waals surface area (Å²) in [6.07, 6.45) is 1.00. The van der Waals surface area contributed by atoms with Gasteiger partial charge in [0.05, 0.1) is 0 Å². The van der Waals surface area contributed by atoms with Crippen LogP contribution in [0.25, 0.3) is 0 Å². The summed E-state index contributed by atoms with van der Waals surface area (Å²) >= 11 is 0. The average Bonchev–Trinajstić information content (AvgIpc) is 2.47. The fraction of sp³-hybridized carbons (Fsp3) is 0.667. The summed E-state index contributed by atoms with van der Waals surface area (Å²) in [5.74, 6) is 3.36. The summed E-state index contributed by atoms with van der Waals surface area (Å²) in [4.78, 5) is 0. The predicted octanol–water partition coefficient (Wildman–Crippen LogP) is 4.09. The Bertz CT molecular complexity index is 269. The summed E-state index contributed by atoms with van der Waals surface area (Å²) in [6, 6.07) is 2.22. The second kappa shape index (κ2) is 3.99. The number of hydrogen-bond acceptors (Lipinski definition) is 1. The van der Waals surface area contributed by atoms with E-state index in [-0.39, 0.29) is 0 Å². The maximum absolute atomic E-state index is 5.79. The highest BCUT2D eigenvalue weighted by Crippen LogP contribution is 2.27. The number of rotatable bonds is 3. The van der Waals surface area contributed by atoms with Gasteiger partial charge in [0.15, 0.2) is 0 Å². The van der Waals surface area contributed by atoms with Gasteiger partial charge in [-0.3, -0.25) is 0 Å². The first-order valence-corrected chi connectivity index (χ1v) is 5.18. The second-order valence-corrected chi connectivity index (χ2v) is 4.19. The highest BCUT2D eigenvalue weighted by Gasteiger charge is 2.13. The van der Waals surface area contributed by atoms with Gasteiger partial charge in [0.1, 0.15) is 11.5 Å². The van der Waals surface area contributed by atoms with Gasteiger partial charge in [0.25, 0.3) is 0 Å². The third-order valence-corrected chi connectivity index (χ3v) is 2.37. The van der Waals surface area contributed by atoms with E-state index in [1.807, 2.05) is 0 Å². The van der Waals surface area contributed by atoms with Crippen molar-refractivity contribution in [2.75, 3.05) is 0 Å². The van der Waals surface area contributed by atoms with Crippen LogP contribution in [0.15, 0.2) is 10.5 Å². The first-order chi connectivity index (χ1) is 6.06. The van der Waals surface area contributed by atoms with E-state index in [1.165, 1.54) is 11.3 Å². The Kier molecular flexibility index (Phi) is 3.18. The van der Waals surface area contributed by atoms with Crippen LogP contribution in [0.3, 0.4) is 0 Å². The third kappa shape index (κ3) is 2.15. The van der Waals surface area contributed by atoms with Crippen LogP contribution in [-0.2, 0) is 6.42 Å². The molecule has 1 heteroatoms. The van der Waals surface area contributed by atoms with Crippen molar-refractivity contribution in [3.63, 3.8) is 0 Å². The van der Waals surface area contributed by atoms with E-state index in [0.717, 1.165) is 12.2 Å². The molecule has 74 valence electrons. The van der Waals surface area contributed by atoms with Crippen molar-refractivity contribution < 1.29 is 4.42 Å². The van der Waals surface area contributed by atoms with Gasteiger partial charge < -0.3 is 4.42 Å². The fourth-order valence-electron chi connectivity index (χ4n) is 1.51. The molecule has 0 radical (unpaired) electrons. The van der Waals surface area contributed by atoms with Crippen LogP contribution in [-0.4, -0.2) is 0 Å². The zero-order valence-corrected chi connectivity index (χ0v) is 9.35. The first-order valence-electron chi connectivity index (χ1n) is 5.18. The van der Waals surface area contributed by atoms with E-state index in [4.69, 9.17) is 4.42 Å². The molecule has 1 rings (SSSR count). The van der Waals surface area contributed by atoms with Gasteiger partial charge in [-0.2, -0.15) is 0 Å². The van der Waals surface area contributed by atoms with Crippen LogP contribution >= 0.6 is 0 Å². The molecule has 0 unspecified atom stereocenters. The van der Waals surface area contributed by atoms with Crippen molar-refractivity contribution >= 4 is 0 Å². The minimum absolute atomic E-state index is 0.498. The molecule has 0 amide bonds. The summed E-state index contributed by atoms with van der Waals surface area (Å²) in [7, 11) is 0. The molecule has 0 aromatic carbocycles. The van der Waals surface area contributed by atoms with Gasteiger partial charge in [0.2, 0.25) is 0 Å². The minimum Gasteiger partial charge on any atom is -0.466 e. The smallest absolute Gasteiger partial charge is 0.107 e. The fourth-order valence-corrected chi connectivity index (χ4v) is 1.51. The summed E-state index contributed by atoms with van der Waals surface area (Å²) in [5.41, 5.74) is 1.38. The van der Waals surface area contributed by atoms with E-state index in [1.54, 1.807) is 0 Å². The first kappa shape index (κ1) is 10.4. The van der Waals surface area contributed by atoms with Gasteiger partial charge in [-0.1, -0.05) is 34.6 Å². The molecule has 1 heterocycles. The normalized spacial score (nSPS) is 11.6. The maximum atomic E-state index is 5.79. The SMILES string of the molecule is CCc1oc(C(C)C)cc1C(C)C. The van der Waals surface area contributed by atoms with Crippen molar-refractivity contribution in [2.24, 2.45) is 0 Å². The highest BCUT2D eigenvalue weighted by atomic mass is 16.3. The number of aryl methyl sites for hydroxylation is 1. The molecule has 0 saturated carbocycles. The van der Waals surface area contributed by atoms with Crippen molar-refractivity contribution in [1.82, 2.24) is 0 Å². The van der Waals surface area contributed by atoms with Gasteiger partial charge in [-0.25, -0.2) is 0 Å². The number of furan rings is 1. The summed E-state index contributed by atoms with van der Waals surface area (Å²) < 4.78 is 5.79. The van der Waals surface area contributed by atoms with Gasteiger partial charge in [-0.15, -0.1) is 0 Å². The lowest BCUT2D eigenvalue weighted by atomic mass is 10.0. The topological polar surface area (TPSA) is 13.1 Å².